The minimum absolute atomic E-state index is 0. The van der Waals surface area contributed by atoms with Crippen molar-refractivity contribution in [2.75, 3.05) is 20.1 Å². The number of rotatable bonds is 5. The molecule has 0 spiro atoms. The molecule has 1 unspecified atom stereocenters. The smallest absolute Gasteiger partial charge is 0.273 e. The van der Waals surface area contributed by atoms with E-state index in [1.807, 2.05) is 23.4 Å². The molecular weight excluding hydrogens is 377 g/mol. The molecule has 2 heterocycles. The number of likely N-dealkylation sites (tertiary alicyclic amines) is 1. The zero-order valence-corrected chi connectivity index (χ0v) is 16.8. The van der Waals surface area contributed by atoms with Crippen LogP contribution < -0.4 is 5.32 Å². The number of benzene rings is 1. The molecule has 0 bridgehead atoms. The van der Waals surface area contributed by atoms with E-state index in [1.54, 1.807) is 11.3 Å². The number of likely N-dealkylation sites (N-methyl/N-ethyl adjacent to an activating group) is 1. The maximum Gasteiger partial charge on any atom is 0.273 e. The highest BCUT2D eigenvalue weighted by molar-refractivity contribution is 7.09. The summed E-state index contributed by atoms with van der Waals surface area (Å²) in [5.41, 5.74) is 1.92. The quantitative estimate of drug-likeness (QED) is 0.831. The molecule has 1 aliphatic heterocycles. The van der Waals surface area contributed by atoms with Gasteiger partial charge in [-0.2, -0.15) is 0 Å². The average Bonchev–Trinajstić information content (AvgIpc) is 3.09. The van der Waals surface area contributed by atoms with Crippen molar-refractivity contribution in [3.05, 3.63) is 52.0 Å². The van der Waals surface area contributed by atoms with Gasteiger partial charge in [0.25, 0.3) is 5.91 Å². The van der Waals surface area contributed by atoms with E-state index < -0.39 is 0 Å². The highest BCUT2D eigenvalue weighted by Gasteiger charge is 2.24. The van der Waals surface area contributed by atoms with E-state index in [2.05, 4.69) is 34.6 Å². The predicted molar refractivity (Wildman–Crippen MR) is 108 cm³/mol. The number of amides is 1. The summed E-state index contributed by atoms with van der Waals surface area (Å²) in [5, 5.41) is 6.22. The van der Waals surface area contributed by atoms with Crippen molar-refractivity contribution in [2.45, 2.75) is 31.7 Å². The second kappa shape index (κ2) is 10.8. The van der Waals surface area contributed by atoms with E-state index in [9.17, 15) is 4.79 Å². The van der Waals surface area contributed by atoms with Gasteiger partial charge < -0.3 is 10.2 Å². The van der Waals surface area contributed by atoms with Crippen LogP contribution in [0.5, 0.6) is 0 Å². The number of thiazole rings is 1. The molecule has 2 aromatic rings. The van der Waals surface area contributed by atoms with Crippen LogP contribution in [0.1, 0.15) is 33.9 Å². The molecule has 25 heavy (non-hydrogen) atoms. The Balaban J connectivity index is 0.00000156. The van der Waals surface area contributed by atoms with Gasteiger partial charge >= 0.3 is 0 Å². The molecule has 1 saturated heterocycles. The Kier molecular flexibility index (Phi) is 9.43. The third kappa shape index (κ3) is 5.96. The van der Waals surface area contributed by atoms with Crippen molar-refractivity contribution in [3.8, 4) is 0 Å². The van der Waals surface area contributed by atoms with Crippen LogP contribution in [0, 0.1) is 0 Å². The minimum atomic E-state index is 0. The molecule has 1 atom stereocenters. The normalized spacial score (nSPS) is 16.7. The summed E-state index contributed by atoms with van der Waals surface area (Å²) < 4.78 is 0. The second-order valence-electron chi connectivity index (χ2n) is 5.99. The number of halogens is 2. The van der Waals surface area contributed by atoms with Gasteiger partial charge in [-0.3, -0.25) is 4.79 Å². The summed E-state index contributed by atoms with van der Waals surface area (Å²) in [6, 6.07) is 10.8. The summed E-state index contributed by atoms with van der Waals surface area (Å²) in [4.78, 5) is 19.1. The van der Waals surface area contributed by atoms with Crippen LogP contribution in [0.3, 0.4) is 0 Å². The van der Waals surface area contributed by atoms with Gasteiger partial charge in [-0.05, 0) is 31.9 Å². The zero-order valence-electron chi connectivity index (χ0n) is 14.3. The molecule has 7 heteroatoms. The van der Waals surface area contributed by atoms with Crippen LogP contribution in [0.2, 0.25) is 0 Å². The van der Waals surface area contributed by atoms with Gasteiger partial charge in [0.2, 0.25) is 0 Å². The topological polar surface area (TPSA) is 45.2 Å². The Morgan fingerprint density at radius 2 is 2.04 bits per heavy atom. The first-order chi connectivity index (χ1) is 11.3. The van der Waals surface area contributed by atoms with Crippen LogP contribution in [-0.2, 0) is 12.8 Å². The Labute approximate surface area is 165 Å². The van der Waals surface area contributed by atoms with Crippen LogP contribution in [0.25, 0.3) is 0 Å². The van der Waals surface area contributed by atoms with Crippen molar-refractivity contribution < 1.29 is 4.79 Å². The van der Waals surface area contributed by atoms with E-state index in [0.29, 0.717) is 11.7 Å². The molecule has 4 nitrogen and oxygen atoms in total. The number of carbonyl (C=O) groups is 1. The van der Waals surface area contributed by atoms with Crippen molar-refractivity contribution in [2.24, 2.45) is 0 Å². The van der Waals surface area contributed by atoms with Gasteiger partial charge in [-0.1, -0.05) is 30.3 Å². The van der Waals surface area contributed by atoms with Crippen molar-refractivity contribution in [1.29, 1.82) is 0 Å². The lowest BCUT2D eigenvalue weighted by molar-refractivity contribution is 0.0693. The first-order valence-electron chi connectivity index (χ1n) is 8.21. The molecule has 0 radical (unpaired) electrons. The van der Waals surface area contributed by atoms with Crippen molar-refractivity contribution in [1.82, 2.24) is 15.2 Å². The highest BCUT2D eigenvalue weighted by Crippen LogP contribution is 2.17. The van der Waals surface area contributed by atoms with Crippen LogP contribution in [-0.4, -0.2) is 42.0 Å². The van der Waals surface area contributed by atoms with E-state index in [0.717, 1.165) is 43.8 Å². The number of nitrogens with one attached hydrogen (secondary N) is 1. The van der Waals surface area contributed by atoms with E-state index in [1.165, 1.54) is 5.56 Å². The molecule has 0 saturated carbocycles. The van der Waals surface area contributed by atoms with Crippen molar-refractivity contribution in [3.63, 3.8) is 0 Å². The standard InChI is InChI=1S/C18H23N3OS.2ClH/c1-19-15-8-5-11-21(12-15)18(22)16-13-23-17(20-16)10-9-14-6-3-2-4-7-14;;/h2-4,6-7,13,15,19H,5,8-12H2,1H3;2*1H. The number of hydrogen-bond donors (Lipinski definition) is 1. The Hall–Kier alpha value is -1.14. The van der Waals surface area contributed by atoms with Gasteiger partial charge in [0.1, 0.15) is 5.69 Å². The SMILES string of the molecule is CNC1CCCN(C(=O)c2csc(CCc3ccccc3)n2)C1.Cl.Cl. The van der Waals surface area contributed by atoms with Crippen molar-refractivity contribution >= 4 is 42.1 Å². The maximum absolute atomic E-state index is 12.6. The fourth-order valence-electron chi connectivity index (χ4n) is 2.98. The number of hydrogen-bond acceptors (Lipinski definition) is 4. The average molecular weight is 402 g/mol. The molecule has 1 aromatic carbocycles. The molecule has 3 rings (SSSR count). The van der Waals surface area contributed by atoms with E-state index in [4.69, 9.17) is 0 Å². The number of aromatic nitrogens is 1. The number of aryl methyl sites for hydroxylation is 2. The molecule has 0 aliphatic carbocycles. The van der Waals surface area contributed by atoms with E-state index >= 15 is 0 Å². The Bertz CT molecular complexity index is 651. The summed E-state index contributed by atoms with van der Waals surface area (Å²) >= 11 is 1.59. The lowest BCUT2D eigenvalue weighted by Crippen LogP contribution is -2.47. The Morgan fingerprint density at radius 1 is 1.28 bits per heavy atom. The molecule has 1 amide bonds. The molecule has 1 fully saturated rings. The first-order valence-corrected chi connectivity index (χ1v) is 9.09. The summed E-state index contributed by atoms with van der Waals surface area (Å²) in [6.07, 6.45) is 4.05. The number of carbonyl (C=O) groups excluding carboxylic acids is 1. The monoisotopic (exact) mass is 401 g/mol. The molecule has 138 valence electrons. The number of piperidine rings is 1. The van der Waals surface area contributed by atoms with Gasteiger partial charge in [-0.25, -0.2) is 4.98 Å². The fraction of sp³-hybridized carbons (Fsp3) is 0.444. The largest absolute Gasteiger partial charge is 0.336 e. The lowest BCUT2D eigenvalue weighted by Gasteiger charge is -2.32. The van der Waals surface area contributed by atoms with Crippen LogP contribution >= 0.6 is 36.2 Å². The zero-order chi connectivity index (χ0) is 16.1. The second-order valence-corrected chi connectivity index (χ2v) is 6.93. The maximum atomic E-state index is 12.6. The Morgan fingerprint density at radius 3 is 2.76 bits per heavy atom. The lowest BCUT2D eigenvalue weighted by atomic mass is 10.1. The van der Waals surface area contributed by atoms with Gasteiger partial charge in [-0.15, -0.1) is 36.2 Å². The van der Waals surface area contributed by atoms with Crippen LogP contribution in [0.4, 0.5) is 0 Å². The minimum Gasteiger partial charge on any atom is -0.336 e. The predicted octanol–water partition coefficient (Wildman–Crippen LogP) is 3.60. The van der Waals surface area contributed by atoms with Gasteiger partial charge in [0, 0.05) is 30.9 Å². The molecular formula is C18H25Cl2N3OS. The number of nitrogens with zero attached hydrogens (tertiary/aromatic N) is 2. The van der Waals surface area contributed by atoms with Gasteiger partial charge in [0.05, 0.1) is 5.01 Å². The first kappa shape index (κ1) is 21.9. The molecule has 1 N–H and O–H groups in total. The molecule has 1 aromatic heterocycles. The third-order valence-electron chi connectivity index (χ3n) is 4.36. The summed E-state index contributed by atoms with van der Waals surface area (Å²) in [5.74, 6) is 0.0761. The highest BCUT2D eigenvalue weighted by atomic mass is 35.5. The molecule has 1 aliphatic rings. The third-order valence-corrected chi connectivity index (χ3v) is 5.27. The van der Waals surface area contributed by atoms with Crippen LogP contribution in [0.15, 0.2) is 35.7 Å². The fourth-order valence-corrected chi connectivity index (χ4v) is 3.75. The van der Waals surface area contributed by atoms with Gasteiger partial charge in [0.15, 0.2) is 0 Å². The summed E-state index contributed by atoms with van der Waals surface area (Å²) in [6.45, 7) is 1.63. The summed E-state index contributed by atoms with van der Waals surface area (Å²) in [7, 11) is 1.96. The van der Waals surface area contributed by atoms with E-state index in [-0.39, 0.29) is 30.7 Å².